The fraction of sp³-hybridized carbons (Fsp3) is 0.538. The lowest BCUT2D eigenvalue weighted by Gasteiger charge is -2.22. The van der Waals surface area contributed by atoms with Crippen molar-refractivity contribution in [2.75, 3.05) is 25.1 Å². The van der Waals surface area contributed by atoms with Gasteiger partial charge in [0.1, 0.15) is 5.75 Å². The molecule has 0 saturated carbocycles. The van der Waals surface area contributed by atoms with Crippen molar-refractivity contribution in [3.8, 4) is 5.75 Å². The van der Waals surface area contributed by atoms with E-state index < -0.39 is 6.10 Å². The third-order valence-electron chi connectivity index (χ3n) is 2.80. The zero-order chi connectivity index (χ0) is 12.1. The minimum Gasteiger partial charge on any atom is -0.496 e. The topological polar surface area (TPSA) is 32.7 Å². The number of anilines is 1. The minimum atomic E-state index is -0.499. The van der Waals surface area contributed by atoms with Crippen LogP contribution in [-0.4, -0.2) is 25.3 Å². The average Bonchev–Trinajstić information content (AvgIpc) is 2.30. The summed E-state index contributed by atoms with van der Waals surface area (Å²) in [6, 6.07) is 5.93. The van der Waals surface area contributed by atoms with Crippen LogP contribution < -0.4 is 9.64 Å². The van der Waals surface area contributed by atoms with Gasteiger partial charge in [-0.05, 0) is 26.8 Å². The molecule has 0 saturated heterocycles. The Bertz CT molecular complexity index is 333. The highest BCUT2D eigenvalue weighted by Gasteiger charge is 2.11. The highest BCUT2D eigenvalue weighted by atomic mass is 16.5. The van der Waals surface area contributed by atoms with Gasteiger partial charge in [-0.3, -0.25) is 0 Å². The third kappa shape index (κ3) is 2.67. The molecule has 0 aromatic heterocycles. The Morgan fingerprint density at radius 3 is 2.38 bits per heavy atom. The van der Waals surface area contributed by atoms with Gasteiger partial charge in [0, 0.05) is 30.4 Å². The van der Waals surface area contributed by atoms with Gasteiger partial charge < -0.3 is 14.7 Å². The summed E-state index contributed by atoms with van der Waals surface area (Å²) >= 11 is 0. The summed E-state index contributed by atoms with van der Waals surface area (Å²) in [5.41, 5.74) is 1.96. The largest absolute Gasteiger partial charge is 0.496 e. The van der Waals surface area contributed by atoms with Crippen LogP contribution in [0.15, 0.2) is 18.2 Å². The van der Waals surface area contributed by atoms with E-state index in [0.717, 1.165) is 30.1 Å². The molecule has 0 bridgehead atoms. The van der Waals surface area contributed by atoms with Gasteiger partial charge in [-0.25, -0.2) is 0 Å². The van der Waals surface area contributed by atoms with Gasteiger partial charge in [0.25, 0.3) is 0 Å². The maximum Gasteiger partial charge on any atom is 0.126 e. The van der Waals surface area contributed by atoms with Crippen molar-refractivity contribution in [2.45, 2.75) is 26.9 Å². The fourth-order valence-electron chi connectivity index (χ4n) is 1.83. The van der Waals surface area contributed by atoms with Gasteiger partial charge in [-0.2, -0.15) is 0 Å². The number of ether oxygens (including phenoxy) is 1. The molecule has 90 valence electrons. The van der Waals surface area contributed by atoms with E-state index in [4.69, 9.17) is 4.74 Å². The molecule has 0 aliphatic heterocycles. The van der Waals surface area contributed by atoms with E-state index in [0.29, 0.717) is 0 Å². The molecule has 0 aliphatic carbocycles. The summed E-state index contributed by atoms with van der Waals surface area (Å²) in [7, 11) is 1.63. The Balaban J connectivity index is 3.08. The number of benzene rings is 1. The molecule has 1 aromatic carbocycles. The molecule has 0 unspecified atom stereocenters. The zero-order valence-electron chi connectivity index (χ0n) is 10.5. The van der Waals surface area contributed by atoms with Crippen molar-refractivity contribution in [3.63, 3.8) is 0 Å². The maximum atomic E-state index is 9.59. The van der Waals surface area contributed by atoms with E-state index in [1.54, 1.807) is 14.0 Å². The Hall–Kier alpha value is -1.22. The molecule has 0 radical (unpaired) electrons. The minimum absolute atomic E-state index is 0.499. The van der Waals surface area contributed by atoms with Crippen LogP contribution in [0.25, 0.3) is 0 Å². The molecule has 3 nitrogen and oxygen atoms in total. The van der Waals surface area contributed by atoms with Crippen molar-refractivity contribution >= 4 is 5.69 Å². The van der Waals surface area contributed by atoms with Gasteiger partial charge in [-0.15, -0.1) is 0 Å². The van der Waals surface area contributed by atoms with Crippen molar-refractivity contribution < 1.29 is 9.84 Å². The molecule has 0 heterocycles. The molecular weight excluding hydrogens is 202 g/mol. The average molecular weight is 223 g/mol. The summed E-state index contributed by atoms with van der Waals surface area (Å²) in [6.45, 7) is 7.92. The molecule has 0 spiro atoms. The normalized spacial score (nSPS) is 12.3. The number of rotatable bonds is 5. The summed E-state index contributed by atoms with van der Waals surface area (Å²) in [5.74, 6) is 0.749. The molecule has 1 rings (SSSR count). The SMILES string of the molecule is CCN(CC)c1ccc([C@H](C)O)c(OC)c1. The standard InChI is InChI=1S/C13H21NO2/c1-5-14(6-2)11-7-8-12(10(3)15)13(9-11)16-4/h7-10,15H,5-6H2,1-4H3/t10-/m0/s1. The fourth-order valence-corrected chi connectivity index (χ4v) is 1.83. The lowest BCUT2D eigenvalue weighted by atomic mass is 10.1. The van der Waals surface area contributed by atoms with Gasteiger partial charge in [0.15, 0.2) is 0 Å². The number of nitrogens with zero attached hydrogens (tertiary/aromatic N) is 1. The zero-order valence-corrected chi connectivity index (χ0v) is 10.5. The highest BCUT2D eigenvalue weighted by molar-refractivity contribution is 5.54. The van der Waals surface area contributed by atoms with Crippen molar-refractivity contribution in [2.24, 2.45) is 0 Å². The maximum absolute atomic E-state index is 9.59. The van der Waals surface area contributed by atoms with E-state index >= 15 is 0 Å². The summed E-state index contributed by atoms with van der Waals surface area (Å²) < 4.78 is 5.30. The molecule has 3 heteroatoms. The van der Waals surface area contributed by atoms with Crippen molar-refractivity contribution in [3.05, 3.63) is 23.8 Å². The highest BCUT2D eigenvalue weighted by Crippen LogP contribution is 2.29. The van der Waals surface area contributed by atoms with Crippen LogP contribution in [0, 0.1) is 0 Å². The summed E-state index contributed by atoms with van der Waals surface area (Å²) in [4.78, 5) is 2.24. The number of aliphatic hydroxyl groups is 1. The summed E-state index contributed by atoms with van der Waals surface area (Å²) in [5, 5.41) is 9.59. The first-order valence-electron chi connectivity index (χ1n) is 5.74. The van der Waals surface area contributed by atoms with E-state index in [1.165, 1.54) is 0 Å². The van der Waals surface area contributed by atoms with E-state index in [1.807, 2.05) is 18.2 Å². The Kier molecular flexibility index (Phi) is 4.62. The van der Waals surface area contributed by atoms with Crippen LogP contribution in [0.3, 0.4) is 0 Å². The van der Waals surface area contributed by atoms with Crippen LogP contribution in [0.1, 0.15) is 32.4 Å². The van der Waals surface area contributed by atoms with Gasteiger partial charge in [0.2, 0.25) is 0 Å². The second-order valence-corrected chi connectivity index (χ2v) is 3.77. The van der Waals surface area contributed by atoms with Crippen LogP contribution in [0.4, 0.5) is 5.69 Å². The predicted octanol–water partition coefficient (Wildman–Crippen LogP) is 2.59. The number of hydrogen-bond acceptors (Lipinski definition) is 3. The molecular formula is C13H21NO2. The first-order valence-corrected chi connectivity index (χ1v) is 5.74. The molecule has 0 aliphatic rings. The molecule has 1 aromatic rings. The number of hydrogen-bond donors (Lipinski definition) is 1. The Morgan fingerprint density at radius 2 is 1.94 bits per heavy atom. The second kappa shape index (κ2) is 5.75. The van der Waals surface area contributed by atoms with E-state index in [-0.39, 0.29) is 0 Å². The van der Waals surface area contributed by atoms with Gasteiger partial charge in [0.05, 0.1) is 13.2 Å². The van der Waals surface area contributed by atoms with Crippen LogP contribution in [-0.2, 0) is 0 Å². The smallest absolute Gasteiger partial charge is 0.126 e. The van der Waals surface area contributed by atoms with Crippen LogP contribution >= 0.6 is 0 Å². The van der Waals surface area contributed by atoms with Gasteiger partial charge >= 0.3 is 0 Å². The Morgan fingerprint density at radius 1 is 1.31 bits per heavy atom. The van der Waals surface area contributed by atoms with Crippen molar-refractivity contribution in [1.29, 1.82) is 0 Å². The Labute approximate surface area is 97.7 Å². The van der Waals surface area contributed by atoms with Gasteiger partial charge in [-0.1, -0.05) is 6.07 Å². The molecule has 0 amide bonds. The summed E-state index contributed by atoms with van der Waals surface area (Å²) in [6.07, 6.45) is -0.499. The molecule has 1 N–H and O–H groups in total. The van der Waals surface area contributed by atoms with E-state index in [2.05, 4.69) is 18.7 Å². The molecule has 1 atom stereocenters. The predicted molar refractivity (Wildman–Crippen MR) is 67.2 cm³/mol. The van der Waals surface area contributed by atoms with Crippen LogP contribution in [0.5, 0.6) is 5.75 Å². The molecule has 16 heavy (non-hydrogen) atoms. The van der Waals surface area contributed by atoms with E-state index in [9.17, 15) is 5.11 Å². The number of methoxy groups -OCH3 is 1. The first-order chi connectivity index (χ1) is 7.63. The third-order valence-corrected chi connectivity index (χ3v) is 2.80. The van der Waals surface area contributed by atoms with Crippen molar-refractivity contribution in [1.82, 2.24) is 0 Å². The second-order valence-electron chi connectivity index (χ2n) is 3.77. The lowest BCUT2D eigenvalue weighted by molar-refractivity contribution is 0.194. The number of aliphatic hydroxyl groups excluding tert-OH is 1. The first kappa shape index (κ1) is 12.8. The quantitative estimate of drug-likeness (QED) is 0.832. The monoisotopic (exact) mass is 223 g/mol. The molecule has 0 fully saturated rings. The van der Waals surface area contributed by atoms with Crippen LogP contribution in [0.2, 0.25) is 0 Å². The lowest BCUT2D eigenvalue weighted by Crippen LogP contribution is -2.21.